The van der Waals surface area contributed by atoms with Crippen LogP contribution in [0.5, 0.6) is 23.0 Å². The van der Waals surface area contributed by atoms with Gasteiger partial charge in [0.2, 0.25) is 0 Å². The van der Waals surface area contributed by atoms with E-state index in [1.807, 2.05) is 36.4 Å². The highest BCUT2D eigenvalue weighted by molar-refractivity contribution is 6.40. The molecule has 3 aromatic carbocycles. The summed E-state index contributed by atoms with van der Waals surface area (Å²) < 4.78 is 11.0. The van der Waals surface area contributed by atoms with Crippen molar-refractivity contribution in [2.75, 3.05) is 52.3 Å². The van der Waals surface area contributed by atoms with Crippen LogP contribution < -0.4 is 14.8 Å². The van der Waals surface area contributed by atoms with Gasteiger partial charge < -0.3 is 25.0 Å². The van der Waals surface area contributed by atoms with Crippen LogP contribution in [-0.2, 0) is 13.1 Å². The van der Waals surface area contributed by atoms with E-state index in [0.717, 1.165) is 102 Å². The van der Waals surface area contributed by atoms with E-state index in [1.165, 1.54) is 11.1 Å². The normalized spacial score (nSPS) is 11.6. The van der Waals surface area contributed by atoms with Gasteiger partial charge in [-0.3, -0.25) is 14.8 Å². The number of hydrogen-bond donors (Lipinski definition) is 3. The number of methoxy groups -OCH3 is 2. The number of aromatic hydroxyl groups is 2. The molecule has 3 aromatic rings. The van der Waals surface area contributed by atoms with Crippen molar-refractivity contribution in [3.63, 3.8) is 0 Å². The van der Waals surface area contributed by atoms with Crippen LogP contribution in [0.25, 0.3) is 0 Å². The summed E-state index contributed by atoms with van der Waals surface area (Å²) in [5, 5.41) is 24.7. The topological polar surface area (TPSA) is 89.8 Å². The van der Waals surface area contributed by atoms with Gasteiger partial charge in [0.05, 0.1) is 14.2 Å². The summed E-state index contributed by atoms with van der Waals surface area (Å²) in [5.74, 6) is 1.42. The molecule has 48 heavy (non-hydrogen) atoms. The number of anilines is 1. The fourth-order valence-corrected chi connectivity index (χ4v) is 6.19. The van der Waals surface area contributed by atoms with E-state index in [4.69, 9.17) is 32.7 Å². The number of aliphatic imine (C=N–C) groups is 1. The third-order valence-corrected chi connectivity index (χ3v) is 9.33. The van der Waals surface area contributed by atoms with Gasteiger partial charge in [0, 0.05) is 37.0 Å². The second kappa shape index (κ2) is 21.7. The van der Waals surface area contributed by atoms with E-state index in [-0.39, 0.29) is 32.9 Å². The van der Waals surface area contributed by atoms with Crippen molar-refractivity contribution in [3.8, 4) is 23.0 Å². The summed E-state index contributed by atoms with van der Waals surface area (Å²) in [6, 6.07) is 16.3. The average Bonchev–Trinajstić information content (AvgIpc) is 3.11. The number of rotatable bonds is 23. The Labute approximate surface area is 297 Å². The van der Waals surface area contributed by atoms with E-state index in [9.17, 15) is 10.2 Å². The van der Waals surface area contributed by atoms with E-state index in [1.54, 1.807) is 20.4 Å². The quantitative estimate of drug-likeness (QED) is 0.0393. The van der Waals surface area contributed by atoms with Crippen LogP contribution in [0.2, 0.25) is 10.0 Å². The Morgan fingerprint density at radius 2 is 1.23 bits per heavy atom. The molecule has 0 aliphatic heterocycles. The van der Waals surface area contributed by atoms with Gasteiger partial charge in [0.15, 0.2) is 11.5 Å². The monoisotopic (exact) mass is 700 g/mol. The maximum Gasteiger partial charge on any atom is 0.163 e. The van der Waals surface area contributed by atoms with Crippen LogP contribution in [0.15, 0.2) is 53.5 Å². The number of halogens is 2. The first-order valence-corrected chi connectivity index (χ1v) is 18.0. The Bertz CT molecular complexity index is 1390. The predicted molar refractivity (Wildman–Crippen MR) is 201 cm³/mol. The van der Waals surface area contributed by atoms with Crippen molar-refractivity contribution in [1.29, 1.82) is 0 Å². The van der Waals surface area contributed by atoms with E-state index < -0.39 is 0 Å². The number of para-hydroxylation sites is 2. The van der Waals surface area contributed by atoms with Gasteiger partial charge in [0.25, 0.3) is 0 Å². The van der Waals surface area contributed by atoms with Crippen LogP contribution in [0.1, 0.15) is 76.3 Å². The van der Waals surface area contributed by atoms with Crippen molar-refractivity contribution in [2.45, 2.75) is 78.3 Å². The Morgan fingerprint density at radius 3 is 1.77 bits per heavy atom. The molecule has 0 saturated heterocycles. The highest BCUT2D eigenvalue weighted by atomic mass is 35.5. The lowest BCUT2D eigenvalue weighted by molar-refractivity contribution is 0.268. The van der Waals surface area contributed by atoms with E-state index in [2.05, 4.69) is 46.1 Å². The van der Waals surface area contributed by atoms with Gasteiger partial charge in [-0.25, -0.2) is 0 Å². The Balaban J connectivity index is 1.37. The molecule has 0 spiro atoms. The summed E-state index contributed by atoms with van der Waals surface area (Å²) in [7, 11) is 3.42. The molecule has 10 heteroatoms. The largest absolute Gasteiger partial charge is 0.504 e. The molecule has 0 heterocycles. The number of hydrogen-bond acceptors (Lipinski definition) is 8. The smallest absolute Gasteiger partial charge is 0.163 e. The molecular weight excluding hydrogens is 647 g/mol. The van der Waals surface area contributed by atoms with Gasteiger partial charge in [-0.1, -0.05) is 92.7 Å². The summed E-state index contributed by atoms with van der Waals surface area (Å²) >= 11 is 12.9. The van der Waals surface area contributed by atoms with Crippen molar-refractivity contribution >= 4 is 40.8 Å². The number of nitrogens with zero attached hydrogens (tertiary/aromatic N) is 3. The molecule has 0 aromatic heterocycles. The maximum absolute atomic E-state index is 10.8. The van der Waals surface area contributed by atoms with Gasteiger partial charge in [-0.15, -0.1) is 0 Å². The zero-order valence-corrected chi connectivity index (χ0v) is 30.6. The Kier molecular flexibility index (Phi) is 17.8. The lowest BCUT2D eigenvalue weighted by Crippen LogP contribution is -2.24. The summed E-state index contributed by atoms with van der Waals surface area (Å²) in [6.07, 6.45) is 9.61. The molecule has 0 amide bonds. The average molecular weight is 702 g/mol. The molecule has 0 fully saturated rings. The number of phenolic OH excluding ortho intramolecular Hbond substituents is 2. The number of unbranched alkanes of at least 4 members (excludes halogenated alkanes) is 6. The second-order valence-electron chi connectivity index (χ2n) is 11.9. The molecule has 0 aliphatic carbocycles. The minimum Gasteiger partial charge on any atom is -0.504 e. The molecule has 0 radical (unpaired) electrons. The minimum atomic E-state index is -0.233. The van der Waals surface area contributed by atoms with E-state index in [0.29, 0.717) is 6.54 Å². The molecule has 0 aliphatic rings. The number of phenols is 2. The van der Waals surface area contributed by atoms with Crippen LogP contribution in [0, 0.1) is 0 Å². The molecule has 0 atom stereocenters. The fraction of sp³-hybridized carbons (Fsp3) is 0.500. The van der Waals surface area contributed by atoms with Crippen LogP contribution >= 0.6 is 23.2 Å². The van der Waals surface area contributed by atoms with Gasteiger partial charge >= 0.3 is 0 Å². The third-order valence-electron chi connectivity index (χ3n) is 8.60. The van der Waals surface area contributed by atoms with Crippen LogP contribution in [0.3, 0.4) is 0 Å². The molecule has 0 unspecified atom stereocenters. The lowest BCUT2D eigenvalue weighted by atomic mass is 10.1. The predicted octanol–water partition coefficient (Wildman–Crippen LogP) is 9.70. The molecule has 3 N–H and O–H groups in total. The van der Waals surface area contributed by atoms with Crippen LogP contribution in [-0.4, -0.2) is 73.2 Å². The highest BCUT2D eigenvalue weighted by Gasteiger charge is 2.21. The fourth-order valence-electron chi connectivity index (χ4n) is 5.71. The molecular formula is C38H54Cl2N4O4. The Hall–Kier alpha value is -3.17. The second-order valence-corrected chi connectivity index (χ2v) is 12.7. The van der Waals surface area contributed by atoms with E-state index >= 15 is 0 Å². The summed E-state index contributed by atoms with van der Waals surface area (Å²) in [5.41, 5.74) is 2.72. The van der Waals surface area contributed by atoms with Crippen molar-refractivity contribution in [2.24, 2.45) is 4.99 Å². The van der Waals surface area contributed by atoms with Crippen molar-refractivity contribution in [3.05, 3.63) is 69.7 Å². The lowest BCUT2D eigenvalue weighted by Gasteiger charge is -2.21. The number of benzene rings is 3. The van der Waals surface area contributed by atoms with Crippen molar-refractivity contribution < 1.29 is 19.7 Å². The standard InChI is InChI=1S/C38H54Cl2N4O4/c1-5-43(27-29-19-11-13-21-31(29)47-3)25-17-9-7-15-23-41-35-33(39)38(46)36(34(40)37(35)45)42-24-16-8-10-18-26-44(6-2)28-30-20-12-14-22-32(30)48-4/h11-14,19-23,42,45-46H,5-10,15-18,24-28H2,1-4H3. The number of ether oxygens (including phenoxy) is 2. The Morgan fingerprint density at radius 1 is 0.708 bits per heavy atom. The zero-order valence-electron chi connectivity index (χ0n) is 29.1. The highest BCUT2D eigenvalue weighted by Crippen LogP contribution is 2.51. The van der Waals surface area contributed by atoms with Gasteiger partial charge in [0.1, 0.15) is 32.9 Å². The molecule has 3 rings (SSSR count). The first-order chi connectivity index (χ1) is 23.3. The summed E-state index contributed by atoms with van der Waals surface area (Å²) in [4.78, 5) is 9.20. The molecule has 8 nitrogen and oxygen atoms in total. The SMILES string of the molecule is CCN(CCCCCC=Nc1c(O)c(Cl)c(NCCCCCCN(CC)Cc2ccccc2OC)c(O)c1Cl)Cc1ccccc1OC. The summed E-state index contributed by atoms with van der Waals surface area (Å²) in [6.45, 7) is 10.6. The van der Waals surface area contributed by atoms with Gasteiger partial charge in [-0.2, -0.15) is 0 Å². The van der Waals surface area contributed by atoms with Crippen LogP contribution in [0.4, 0.5) is 11.4 Å². The molecule has 0 saturated carbocycles. The zero-order chi connectivity index (χ0) is 34.7. The van der Waals surface area contributed by atoms with Crippen molar-refractivity contribution in [1.82, 2.24) is 9.80 Å². The molecule has 264 valence electrons. The maximum atomic E-state index is 10.8. The first-order valence-electron chi connectivity index (χ1n) is 17.2. The third kappa shape index (κ3) is 12.1. The minimum absolute atomic E-state index is 0.0136. The van der Waals surface area contributed by atoms with Gasteiger partial charge in [-0.05, 0) is 70.4 Å². The number of nitrogens with one attached hydrogen (secondary N) is 1. The molecule has 0 bridgehead atoms. The first kappa shape index (κ1) is 39.3.